The maximum absolute atomic E-state index is 6.69. The van der Waals surface area contributed by atoms with Crippen LogP contribution < -0.4 is 45.8 Å². The molecule has 7 nitrogen and oxygen atoms in total. The van der Waals surface area contributed by atoms with Crippen LogP contribution >= 0.6 is 35.2 Å². The van der Waals surface area contributed by atoms with Crippen molar-refractivity contribution in [2.24, 2.45) is 11.5 Å². The zero-order chi connectivity index (χ0) is 45.8. The van der Waals surface area contributed by atoms with E-state index in [1.54, 1.807) is 24.3 Å². The van der Waals surface area contributed by atoms with Gasteiger partial charge in [0.1, 0.15) is 22.6 Å². The molecule has 0 aromatic heterocycles. The number of halogens is 2. The molecule has 2 aliphatic heterocycles. The van der Waals surface area contributed by atoms with E-state index in [1.165, 1.54) is 0 Å². The predicted octanol–water partition coefficient (Wildman–Crippen LogP) is 6.77. The molecule has 0 fully saturated rings. The number of hydrogen-bond donors (Lipinski definition) is 2. The fourth-order valence-corrected chi connectivity index (χ4v) is 8.03. The first kappa shape index (κ1) is 49.2. The van der Waals surface area contributed by atoms with E-state index in [9.17, 15) is 0 Å². The maximum atomic E-state index is 6.69. The van der Waals surface area contributed by atoms with Crippen molar-refractivity contribution in [1.82, 2.24) is 0 Å². The normalized spacial score (nSPS) is 10.7. The first-order valence-corrected chi connectivity index (χ1v) is 25.5. The van der Waals surface area contributed by atoms with E-state index in [4.69, 9.17) is 80.2 Å². The Bertz CT molecular complexity index is 2740. The van der Waals surface area contributed by atoms with E-state index >= 15 is 0 Å². The second-order valence-electron chi connectivity index (χ2n) is 11.7. The van der Waals surface area contributed by atoms with Crippen molar-refractivity contribution in [2.75, 3.05) is 13.6 Å². The number of benzene rings is 4. The third kappa shape index (κ3) is 14.9. The third-order valence-corrected chi connectivity index (χ3v) is 11.4. The summed E-state index contributed by atoms with van der Waals surface area (Å²) in [4.78, 5) is 0. The van der Waals surface area contributed by atoms with Crippen LogP contribution in [0.2, 0.25) is 0 Å². The molecule has 2 unspecified atom stereocenters. The zero-order valence-electron chi connectivity index (χ0n) is 33.3. The standard InChI is InChI=1S/C38H12O5P2.C14H16N2.2ClH.Ru/c1-5-9-13-17-25-44(26-18-14-10-6-2)33-23-21-31-35(41-29-39-31)37(33)43-38-34(24-22-32-36(38)42-30-40-32)45(27-19-15-11-7-3)28-20-16-12-8-4;15-13(11-7-3-1-4-8-11)14(16)12-9-5-2-6-10-12;;;/h1-4,21-24H,29-30H2;1-10,13-14H,15-16H2;2*1H;/q;;;;+4. The average Bonchev–Trinajstić information content (AvgIpc) is 4.03. The molecule has 306 valence electrons. The van der Waals surface area contributed by atoms with Crippen LogP contribution in [0.25, 0.3) is 0 Å². The molecule has 4 N–H and O–H groups in total. The van der Waals surface area contributed by atoms with Crippen LogP contribution in [-0.2, 0) is 15.1 Å². The van der Waals surface area contributed by atoms with Crippen molar-refractivity contribution < 1.29 is 38.8 Å². The fourth-order valence-electron chi connectivity index (χ4n) is 5.33. The van der Waals surface area contributed by atoms with Gasteiger partial charge in [0, 0.05) is 59.4 Å². The Kier molecular flexibility index (Phi) is 21.7. The van der Waals surface area contributed by atoms with E-state index in [-0.39, 0.29) is 40.8 Å². The van der Waals surface area contributed by atoms with Gasteiger partial charge in [-0.05, 0) is 82.8 Å². The van der Waals surface area contributed by atoms with Crippen molar-refractivity contribution in [1.29, 1.82) is 0 Å². The van der Waals surface area contributed by atoms with Crippen LogP contribution in [0.3, 0.4) is 0 Å². The number of fused-ring (bicyclic) bond motifs is 2. The van der Waals surface area contributed by atoms with E-state index in [0.29, 0.717) is 45.1 Å². The molecule has 2 aliphatic rings. The summed E-state index contributed by atoms with van der Waals surface area (Å²) in [5.74, 6) is 42.5. The van der Waals surface area contributed by atoms with Crippen LogP contribution in [0.4, 0.5) is 0 Å². The van der Waals surface area contributed by atoms with Gasteiger partial charge >= 0.3 is 34.5 Å². The Hall–Kier alpha value is -7.42. The Labute approximate surface area is 392 Å². The Morgan fingerprint density at radius 1 is 0.484 bits per heavy atom. The molecule has 2 atom stereocenters. The van der Waals surface area contributed by atoms with Crippen LogP contribution in [-0.4, -0.2) is 13.6 Å². The Morgan fingerprint density at radius 3 is 1.12 bits per heavy atom. The van der Waals surface area contributed by atoms with Crippen LogP contribution in [0.15, 0.2) is 84.9 Å². The molecule has 0 radical (unpaired) electrons. The second kappa shape index (κ2) is 28.2. The summed E-state index contributed by atoms with van der Waals surface area (Å²) in [6, 6.07) is 26.6. The first-order valence-electron chi connectivity index (χ1n) is 18.0. The van der Waals surface area contributed by atoms with E-state index in [2.05, 4.69) is 117 Å². The molecule has 4 aromatic rings. The minimum atomic E-state index is -2.06. The molecule has 4 aromatic carbocycles. The molecule has 0 amide bonds. The summed E-state index contributed by atoms with van der Waals surface area (Å²) in [5, 5.41) is 1.23. The van der Waals surface area contributed by atoms with Gasteiger partial charge in [0.05, 0.1) is 0 Å². The van der Waals surface area contributed by atoms with Crippen molar-refractivity contribution in [2.45, 2.75) is 12.1 Å². The summed E-state index contributed by atoms with van der Waals surface area (Å²) in [5.41, 5.74) is 26.8. The number of terminal acetylenes is 4. The van der Waals surface area contributed by atoms with Gasteiger partial charge in [-0.25, -0.2) is 0 Å². The SMILES string of the molecule is C#CC#CC#C[PH+](C#CC#CC#C)c1ccc2c(c1Oc1c([PH+](C#CC#CC#C)C#CC#CC#C)ccc3c1OCO3)OCO2.NC(c1ccccc1)C(N)c1ccccc1.[Cl][Ru+2][Cl]. The molecule has 64 heavy (non-hydrogen) atoms. The summed E-state index contributed by atoms with van der Waals surface area (Å²) in [6.45, 7) is -0.0498. The topological polar surface area (TPSA) is 98.2 Å². The van der Waals surface area contributed by atoms with Crippen molar-refractivity contribution >= 4 is 45.8 Å². The van der Waals surface area contributed by atoms with Crippen LogP contribution in [0, 0.1) is 143 Å². The van der Waals surface area contributed by atoms with E-state index in [0.717, 1.165) is 11.1 Å². The molecule has 12 heteroatoms. The summed E-state index contributed by atoms with van der Waals surface area (Å²) < 4.78 is 29.7. The van der Waals surface area contributed by atoms with Crippen molar-refractivity contribution in [3.05, 3.63) is 96.1 Å². The number of hydrogen-bond acceptors (Lipinski definition) is 7. The molecule has 0 saturated carbocycles. The average molecular weight is 997 g/mol. The Morgan fingerprint density at radius 2 is 0.812 bits per heavy atom. The quantitative estimate of drug-likeness (QED) is 0.120. The number of rotatable bonds is 7. The van der Waals surface area contributed by atoms with Crippen LogP contribution in [0.1, 0.15) is 23.2 Å². The number of ether oxygens (including phenoxy) is 5. The van der Waals surface area contributed by atoms with Gasteiger partial charge in [-0.1, -0.05) is 60.7 Å². The summed E-state index contributed by atoms with van der Waals surface area (Å²) in [6.07, 6.45) is 21.0. The predicted molar refractivity (Wildman–Crippen MR) is 257 cm³/mol. The van der Waals surface area contributed by atoms with Gasteiger partial charge in [0.25, 0.3) is 0 Å². The molecule has 6 rings (SSSR count). The summed E-state index contributed by atoms with van der Waals surface area (Å²) >= 11 is -0.346. The molecule has 2 heterocycles. The van der Waals surface area contributed by atoms with Crippen LogP contribution in [0.5, 0.6) is 34.5 Å². The molecular formula is C52H30Cl2N2O5P2Ru+4. The minimum absolute atomic E-state index is 0.0249. The van der Waals surface area contributed by atoms with Gasteiger partial charge < -0.3 is 35.2 Å². The van der Waals surface area contributed by atoms with Gasteiger partial charge in [-0.2, -0.15) is 0 Å². The first-order chi connectivity index (χ1) is 31.4. The number of nitrogens with two attached hydrogens (primary N) is 2. The van der Waals surface area contributed by atoms with Gasteiger partial charge in [-0.3, -0.25) is 0 Å². The van der Waals surface area contributed by atoms with Gasteiger partial charge in [0.2, 0.25) is 36.6 Å². The summed E-state index contributed by atoms with van der Waals surface area (Å²) in [7, 11) is 5.59. The van der Waals surface area contributed by atoms with Crippen molar-refractivity contribution in [3.63, 3.8) is 0 Å². The van der Waals surface area contributed by atoms with Gasteiger partial charge in [-0.15, -0.1) is 25.7 Å². The second-order valence-corrected chi connectivity index (χ2v) is 17.9. The molecule has 0 spiro atoms. The van der Waals surface area contributed by atoms with E-state index in [1.807, 2.05) is 60.7 Å². The zero-order valence-corrected chi connectivity index (χ0v) is 38.5. The molecule has 0 saturated heterocycles. The molecule has 0 bridgehead atoms. The Balaban J connectivity index is 0.000000390. The third-order valence-electron chi connectivity index (χ3n) is 8.02. The molecular weight excluding hydrogens is 967 g/mol. The monoisotopic (exact) mass is 996 g/mol. The molecule has 0 aliphatic carbocycles. The van der Waals surface area contributed by atoms with E-state index < -0.39 is 15.8 Å². The van der Waals surface area contributed by atoms with Crippen molar-refractivity contribution in [3.8, 4) is 178 Å². The fraction of sp³-hybridized carbons (Fsp3) is 0.0769. The van der Waals surface area contributed by atoms with Gasteiger partial charge in [0.15, 0.2) is 38.0 Å².